The van der Waals surface area contributed by atoms with Crippen LogP contribution >= 0.6 is 0 Å². The van der Waals surface area contributed by atoms with Gasteiger partial charge >= 0.3 is 0 Å². The number of nitrogens with zero attached hydrogens (tertiary/aromatic N) is 1. The van der Waals surface area contributed by atoms with E-state index in [4.69, 9.17) is 5.73 Å². The molecule has 0 radical (unpaired) electrons. The lowest BCUT2D eigenvalue weighted by Gasteiger charge is -2.02. The summed E-state index contributed by atoms with van der Waals surface area (Å²) in [5, 5.41) is 0. The van der Waals surface area contributed by atoms with Gasteiger partial charge in [-0.3, -0.25) is 0 Å². The Labute approximate surface area is 85.4 Å². The van der Waals surface area contributed by atoms with Crippen LogP contribution in [0.2, 0.25) is 0 Å². The smallest absolute Gasteiger partial charge is 0.126 e. The Balaban J connectivity index is 2.49. The van der Waals surface area contributed by atoms with Crippen molar-refractivity contribution < 1.29 is 8.78 Å². The Kier molecular flexibility index (Phi) is 2.33. The van der Waals surface area contributed by atoms with Crippen LogP contribution in [-0.4, -0.2) is 4.98 Å². The lowest BCUT2D eigenvalue weighted by molar-refractivity contribution is 0.584. The van der Waals surface area contributed by atoms with Crippen LogP contribution in [0.3, 0.4) is 0 Å². The fourth-order valence-electron chi connectivity index (χ4n) is 1.30. The molecule has 0 unspecified atom stereocenters. The number of hydrogen-bond donors (Lipinski definition) is 1. The maximum atomic E-state index is 12.9. The molecule has 2 nitrogen and oxygen atoms in total. The largest absolute Gasteiger partial charge is 0.384 e. The number of nitrogen functional groups attached to an aromatic ring is 1. The van der Waals surface area contributed by atoms with Crippen molar-refractivity contribution in [3.8, 4) is 11.1 Å². The summed E-state index contributed by atoms with van der Waals surface area (Å²) in [5.41, 5.74) is 6.48. The van der Waals surface area contributed by atoms with Gasteiger partial charge in [0.25, 0.3) is 0 Å². The lowest BCUT2D eigenvalue weighted by Crippen LogP contribution is -1.90. The van der Waals surface area contributed by atoms with Gasteiger partial charge < -0.3 is 5.73 Å². The molecule has 0 bridgehead atoms. The summed E-state index contributed by atoms with van der Waals surface area (Å²) in [4.78, 5) is 3.85. The molecule has 2 N–H and O–H groups in total. The van der Waals surface area contributed by atoms with Gasteiger partial charge in [-0.05, 0) is 29.8 Å². The van der Waals surface area contributed by atoms with Gasteiger partial charge in [0.05, 0.1) is 0 Å². The maximum absolute atomic E-state index is 12.9. The number of halogens is 2. The highest BCUT2D eigenvalue weighted by Gasteiger charge is 2.03. The molecular weight excluding hydrogens is 198 g/mol. The molecule has 0 saturated heterocycles. The molecule has 1 aromatic heterocycles. The molecule has 15 heavy (non-hydrogen) atoms. The molecule has 0 spiro atoms. The fourth-order valence-corrected chi connectivity index (χ4v) is 1.30. The molecule has 2 rings (SSSR count). The molecule has 1 aromatic carbocycles. The summed E-state index contributed by atoms with van der Waals surface area (Å²) in [5.74, 6) is -0.848. The van der Waals surface area contributed by atoms with E-state index in [1.54, 1.807) is 12.1 Å². The van der Waals surface area contributed by atoms with Gasteiger partial charge in [0, 0.05) is 17.8 Å². The summed E-state index contributed by atoms with van der Waals surface area (Å²) in [6.07, 6.45) is 1.48. The molecule has 0 atom stereocenters. The average molecular weight is 206 g/mol. The second kappa shape index (κ2) is 3.65. The zero-order chi connectivity index (χ0) is 10.8. The first kappa shape index (κ1) is 9.58. The van der Waals surface area contributed by atoms with Crippen molar-refractivity contribution >= 4 is 5.82 Å². The van der Waals surface area contributed by atoms with Gasteiger partial charge in [0.1, 0.15) is 17.5 Å². The minimum Gasteiger partial charge on any atom is -0.384 e. The molecule has 76 valence electrons. The van der Waals surface area contributed by atoms with Crippen molar-refractivity contribution in [2.45, 2.75) is 0 Å². The predicted octanol–water partition coefficient (Wildman–Crippen LogP) is 2.61. The lowest BCUT2D eigenvalue weighted by atomic mass is 10.1. The molecule has 0 aliphatic rings. The van der Waals surface area contributed by atoms with E-state index in [-0.39, 0.29) is 0 Å². The van der Waals surface area contributed by atoms with E-state index >= 15 is 0 Å². The third-order valence-electron chi connectivity index (χ3n) is 1.98. The van der Waals surface area contributed by atoms with Gasteiger partial charge in [0.2, 0.25) is 0 Å². The van der Waals surface area contributed by atoms with Gasteiger partial charge in [-0.15, -0.1) is 0 Å². The number of benzene rings is 1. The molecular formula is C11H8F2N2. The number of hydrogen-bond acceptors (Lipinski definition) is 2. The number of rotatable bonds is 1. The zero-order valence-corrected chi connectivity index (χ0v) is 7.74. The van der Waals surface area contributed by atoms with Gasteiger partial charge in [-0.1, -0.05) is 0 Å². The van der Waals surface area contributed by atoms with Crippen LogP contribution in [0, 0.1) is 11.6 Å². The molecule has 0 aliphatic heterocycles. The Morgan fingerprint density at radius 1 is 0.933 bits per heavy atom. The molecule has 0 amide bonds. The first-order valence-corrected chi connectivity index (χ1v) is 4.33. The van der Waals surface area contributed by atoms with Crippen LogP contribution in [0.15, 0.2) is 36.5 Å². The van der Waals surface area contributed by atoms with E-state index in [1.165, 1.54) is 18.3 Å². The van der Waals surface area contributed by atoms with Gasteiger partial charge in [-0.2, -0.15) is 0 Å². The third kappa shape index (κ3) is 2.10. The van der Waals surface area contributed by atoms with E-state index in [0.29, 0.717) is 16.9 Å². The highest BCUT2D eigenvalue weighted by molar-refractivity contribution is 5.63. The van der Waals surface area contributed by atoms with E-state index < -0.39 is 11.6 Å². The normalized spacial score (nSPS) is 10.3. The zero-order valence-electron chi connectivity index (χ0n) is 7.74. The number of anilines is 1. The minimum atomic E-state index is -0.609. The Hall–Kier alpha value is -1.97. The number of nitrogens with two attached hydrogens (primary N) is 1. The highest BCUT2D eigenvalue weighted by atomic mass is 19.1. The second-order valence-corrected chi connectivity index (χ2v) is 3.13. The summed E-state index contributed by atoms with van der Waals surface area (Å²) < 4.78 is 25.8. The molecule has 1 heterocycles. The fraction of sp³-hybridized carbons (Fsp3) is 0. The van der Waals surface area contributed by atoms with Crippen LogP contribution in [-0.2, 0) is 0 Å². The Morgan fingerprint density at radius 2 is 1.60 bits per heavy atom. The van der Waals surface area contributed by atoms with Crippen LogP contribution in [0.4, 0.5) is 14.6 Å². The number of pyridine rings is 1. The average Bonchev–Trinajstić information content (AvgIpc) is 2.17. The molecule has 0 fully saturated rings. The Bertz CT molecular complexity index is 460. The van der Waals surface area contributed by atoms with Crippen LogP contribution in [0.25, 0.3) is 11.1 Å². The van der Waals surface area contributed by atoms with Gasteiger partial charge in [-0.25, -0.2) is 13.8 Å². The van der Waals surface area contributed by atoms with Crippen molar-refractivity contribution in [2.75, 3.05) is 5.73 Å². The van der Waals surface area contributed by atoms with Crippen LogP contribution in [0.1, 0.15) is 0 Å². The predicted molar refractivity (Wildman–Crippen MR) is 54.0 cm³/mol. The topological polar surface area (TPSA) is 38.9 Å². The van der Waals surface area contributed by atoms with E-state index in [1.807, 2.05) is 0 Å². The first-order chi connectivity index (χ1) is 7.15. The number of aromatic nitrogens is 1. The Morgan fingerprint density at radius 3 is 2.13 bits per heavy atom. The summed E-state index contributed by atoms with van der Waals surface area (Å²) in [7, 11) is 0. The van der Waals surface area contributed by atoms with Crippen molar-refractivity contribution in [2.24, 2.45) is 0 Å². The summed E-state index contributed by atoms with van der Waals surface area (Å²) >= 11 is 0. The van der Waals surface area contributed by atoms with Crippen molar-refractivity contribution in [3.63, 3.8) is 0 Å². The van der Waals surface area contributed by atoms with Crippen molar-refractivity contribution in [1.82, 2.24) is 4.98 Å². The van der Waals surface area contributed by atoms with Crippen molar-refractivity contribution in [3.05, 3.63) is 48.2 Å². The monoisotopic (exact) mass is 206 g/mol. The van der Waals surface area contributed by atoms with E-state index in [2.05, 4.69) is 4.98 Å². The van der Waals surface area contributed by atoms with E-state index in [9.17, 15) is 8.78 Å². The standard InChI is InChI=1S/C11H8F2N2/c12-9-3-8(4-10(13)5-9)7-1-2-11(14)15-6-7/h1-6H,(H2,14,15). The first-order valence-electron chi connectivity index (χ1n) is 4.33. The third-order valence-corrected chi connectivity index (χ3v) is 1.98. The van der Waals surface area contributed by atoms with Crippen LogP contribution in [0.5, 0.6) is 0 Å². The molecule has 0 aliphatic carbocycles. The van der Waals surface area contributed by atoms with Crippen molar-refractivity contribution in [1.29, 1.82) is 0 Å². The summed E-state index contributed by atoms with van der Waals surface area (Å²) in [6.45, 7) is 0. The van der Waals surface area contributed by atoms with Crippen LogP contribution < -0.4 is 5.73 Å². The summed E-state index contributed by atoms with van der Waals surface area (Å²) in [6, 6.07) is 6.56. The van der Waals surface area contributed by atoms with Gasteiger partial charge in [0.15, 0.2) is 0 Å². The molecule has 0 saturated carbocycles. The quantitative estimate of drug-likeness (QED) is 0.778. The minimum absolute atomic E-state index is 0.371. The highest BCUT2D eigenvalue weighted by Crippen LogP contribution is 2.21. The maximum Gasteiger partial charge on any atom is 0.126 e. The SMILES string of the molecule is Nc1ccc(-c2cc(F)cc(F)c2)cn1. The molecule has 4 heteroatoms. The second-order valence-electron chi connectivity index (χ2n) is 3.13. The van der Waals surface area contributed by atoms with E-state index in [0.717, 1.165) is 6.07 Å². The molecule has 2 aromatic rings.